The number of unbranched alkanes of at least 4 members (excludes halogenated alkanes) is 1. The highest BCUT2D eigenvalue weighted by Gasteiger charge is 2.10. The highest BCUT2D eigenvalue weighted by molar-refractivity contribution is 7.66. The minimum atomic E-state index is 0.0408. The first-order valence-corrected chi connectivity index (χ1v) is 8.30. The van der Waals surface area contributed by atoms with Gasteiger partial charge in [-0.3, -0.25) is 0 Å². The molecule has 0 N–H and O–H groups in total. The molecule has 2 aromatic carbocycles. The van der Waals surface area contributed by atoms with Gasteiger partial charge in [0.2, 0.25) is 0 Å². The largest absolute Gasteiger partial charge is 0.0749 e. The van der Waals surface area contributed by atoms with Crippen LogP contribution in [0.4, 0.5) is 0 Å². The average Bonchev–Trinajstić information content (AvgIpc) is 2.40. The standard InChI is InChI=1S/C16H21P/c1-3-5-13-17(4-2)16-12-8-10-14-9-6-7-11-15(14)16/h6-12H,3-5,13H2,1-2H3. The van der Waals surface area contributed by atoms with Crippen molar-refractivity contribution in [1.29, 1.82) is 0 Å². The quantitative estimate of drug-likeness (QED) is 0.665. The van der Waals surface area contributed by atoms with Crippen molar-refractivity contribution in [3.8, 4) is 0 Å². The lowest BCUT2D eigenvalue weighted by molar-refractivity contribution is 0.891. The van der Waals surface area contributed by atoms with Gasteiger partial charge < -0.3 is 0 Å². The third-order valence-corrected chi connectivity index (χ3v) is 5.96. The van der Waals surface area contributed by atoms with Crippen LogP contribution >= 0.6 is 7.92 Å². The molecule has 2 aromatic rings. The molecule has 0 aliphatic carbocycles. The van der Waals surface area contributed by atoms with Gasteiger partial charge in [-0.25, -0.2) is 0 Å². The van der Waals surface area contributed by atoms with Crippen LogP contribution in [-0.4, -0.2) is 12.3 Å². The van der Waals surface area contributed by atoms with Crippen molar-refractivity contribution in [2.45, 2.75) is 26.7 Å². The second-order valence-electron chi connectivity index (χ2n) is 4.43. The van der Waals surface area contributed by atoms with Crippen molar-refractivity contribution in [2.75, 3.05) is 12.3 Å². The second-order valence-corrected chi connectivity index (χ2v) is 7.07. The molecule has 0 radical (unpaired) electrons. The number of hydrogen-bond donors (Lipinski definition) is 0. The predicted octanol–water partition coefficient (Wildman–Crippen LogP) is 4.77. The lowest BCUT2D eigenvalue weighted by Gasteiger charge is -2.18. The molecule has 1 atom stereocenters. The monoisotopic (exact) mass is 244 g/mol. The lowest BCUT2D eigenvalue weighted by Crippen LogP contribution is -2.06. The molecule has 1 unspecified atom stereocenters. The fourth-order valence-electron chi connectivity index (χ4n) is 2.28. The first-order chi connectivity index (χ1) is 8.36. The maximum absolute atomic E-state index is 2.34. The Morgan fingerprint density at radius 2 is 1.71 bits per heavy atom. The highest BCUT2D eigenvalue weighted by atomic mass is 31.1. The Labute approximate surface area is 106 Å². The molecule has 1 heteroatoms. The summed E-state index contributed by atoms with van der Waals surface area (Å²) >= 11 is 0. The fraction of sp³-hybridized carbons (Fsp3) is 0.375. The van der Waals surface area contributed by atoms with Gasteiger partial charge in [0.25, 0.3) is 0 Å². The minimum Gasteiger partial charge on any atom is -0.0749 e. The van der Waals surface area contributed by atoms with Crippen LogP contribution in [0.5, 0.6) is 0 Å². The summed E-state index contributed by atoms with van der Waals surface area (Å²) in [7, 11) is 0.0408. The number of rotatable bonds is 5. The molecule has 0 aromatic heterocycles. The van der Waals surface area contributed by atoms with Crippen molar-refractivity contribution in [3.05, 3.63) is 42.5 Å². The Kier molecular flexibility index (Phi) is 4.57. The normalized spacial score (nSPS) is 12.8. The van der Waals surface area contributed by atoms with E-state index in [1.54, 1.807) is 5.30 Å². The summed E-state index contributed by atoms with van der Waals surface area (Å²) < 4.78 is 0. The zero-order valence-electron chi connectivity index (χ0n) is 10.8. The van der Waals surface area contributed by atoms with Gasteiger partial charge in [0.15, 0.2) is 0 Å². The van der Waals surface area contributed by atoms with E-state index in [0.717, 1.165) is 0 Å². The predicted molar refractivity (Wildman–Crippen MR) is 80.8 cm³/mol. The molecule has 17 heavy (non-hydrogen) atoms. The molecule has 0 saturated heterocycles. The van der Waals surface area contributed by atoms with E-state index in [1.165, 1.54) is 35.9 Å². The van der Waals surface area contributed by atoms with E-state index < -0.39 is 0 Å². The maximum atomic E-state index is 2.34. The molecule has 0 aliphatic rings. The molecular formula is C16H21P. The van der Waals surface area contributed by atoms with Crippen LogP contribution in [0, 0.1) is 0 Å². The molecule has 2 rings (SSSR count). The number of hydrogen-bond acceptors (Lipinski definition) is 0. The van der Waals surface area contributed by atoms with E-state index in [9.17, 15) is 0 Å². The Bertz CT molecular complexity index is 470. The Morgan fingerprint density at radius 1 is 0.941 bits per heavy atom. The Balaban J connectivity index is 2.38. The third kappa shape index (κ3) is 2.87. The van der Waals surface area contributed by atoms with Gasteiger partial charge >= 0.3 is 0 Å². The van der Waals surface area contributed by atoms with E-state index in [-0.39, 0.29) is 7.92 Å². The van der Waals surface area contributed by atoms with Crippen molar-refractivity contribution in [3.63, 3.8) is 0 Å². The summed E-state index contributed by atoms with van der Waals surface area (Å²) in [5.41, 5.74) is 0. The van der Waals surface area contributed by atoms with Crippen LogP contribution < -0.4 is 5.30 Å². The van der Waals surface area contributed by atoms with Crippen LogP contribution in [0.1, 0.15) is 26.7 Å². The lowest BCUT2D eigenvalue weighted by atomic mass is 10.1. The van der Waals surface area contributed by atoms with Crippen LogP contribution in [0.3, 0.4) is 0 Å². The molecule has 0 aliphatic heterocycles. The summed E-state index contributed by atoms with van der Waals surface area (Å²) in [5.74, 6) is 0. The summed E-state index contributed by atoms with van der Waals surface area (Å²) in [5, 5.41) is 4.47. The van der Waals surface area contributed by atoms with Gasteiger partial charge in [0.05, 0.1) is 0 Å². The van der Waals surface area contributed by atoms with E-state index >= 15 is 0 Å². The first kappa shape index (κ1) is 12.6. The van der Waals surface area contributed by atoms with Gasteiger partial charge in [-0.1, -0.05) is 70.7 Å². The zero-order chi connectivity index (χ0) is 12.1. The molecule has 0 fully saturated rings. The maximum Gasteiger partial charge on any atom is -0.0107 e. The average molecular weight is 244 g/mol. The summed E-state index contributed by atoms with van der Waals surface area (Å²) in [4.78, 5) is 0. The Morgan fingerprint density at radius 3 is 2.47 bits per heavy atom. The molecule has 0 nitrogen and oxygen atoms in total. The summed E-state index contributed by atoms with van der Waals surface area (Å²) in [6.45, 7) is 4.62. The molecular weight excluding hydrogens is 223 g/mol. The van der Waals surface area contributed by atoms with Gasteiger partial charge in [-0.15, -0.1) is 0 Å². The number of benzene rings is 2. The van der Waals surface area contributed by atoms with Crippen LogP contribution in [0.15, 0.2) is 42.5 Å². The van der Waals surface area contributed by atoms with Gasteiger partial charge in [0.1, 0.15) is 0 Å². The van der Waals surface area contributed by atoms with Crippen LogP contribution in [0.25, 0.3) is 10.8 Å². The van der Waals surface area contributed by atoms with Gasteiger partial charge in [0, 0.05) is 0 Å². The van der Waals surface area contributed by atoms with E-state index in [1.807, 2.05) is 0 Å². The molecule has 90 valence electrons. The third-order valence-electron chi connectivity index (χ3n) is 3.27. The molecule has 0 bridgehead atoms. The van der Waals surface area contributed by atoms with E-state index in [2.05, 4.69) is 56.3 Å². The molecule has 0 saturated carbocycles. The van der Waals surface area contributed by atoms with Gasteiger partial charge in [-0.05, 0) is 34.8 Å². The topological polar surface area (TPSA) is 0 Å². The first-order valence-electron chi connectivity index (χ1n) is 6.59. The van der Waals surface area contributed by atoms with Crippen molar-refractivity contribution >= 4 is 24.0 Å². The van der Waals surface area contributed by atoms with E-state index in [4.69, 9.17) is 0 Å². The summed E-state index contributed by atoms with van der Waals surface area (Å²) in [6.07, 6.45) is 5.37. The molecule has 0 amide bonds. The van der Waals surface area contributed by atoms with Crippen molar-refractivity contribution < 1.29 is 0 Å². The highest BCUT2D eigenvalue weighted by Crippen LogP contribution is 2.37. The number of fused-ring (bicyclic) bond motifs is 1. The van der Waals surface area contributed by atoms with Crippen molar-refractivity contribution in [1.82, 2.24) is 0 Å². The zero-order valence-corrected chi connectivity index (χ0v) is 11.7. The van der Waals surface area contributed by atoms with E-state index in [0.29, 0.717) is 0 Å². The van der Waals surface area contributed by atoms with Crippen molar-refractivity contribution in [2.24, 2.45) is 0 Å². The SMILES string of the molecule is CCCCP(CC)c1cccc2ccccc12. The Hall–Kier alpha value is -0.870. The fourth-order valence-corrected chi connectivity index (χ4v) is 4.72. The molecule has 0 spiro atoms. The van der Waals surface area contributed by atoms with Crippen LogP contribution in [-0.2, 0) is 0 Å². The second kappa shape index (κ2) is 6.17. The molecule has 0 heterocycles. The van der Waals surface area contributed by atoms with Gasteiger partial charge in [-0.2, -0.15) is 0 Å². The van der Waals surface area contributed by atoms with Crippen LogP contribution in [0.2, 0.25) is 0 Å². The summed E-state index contributed by atoms with van der Waals surface area (Å²) in [6, 6.07) is 15.6. The minimum absolute atomic E-state index is 0.0408. The smallest absolute Gasteiger partial charge is 0.0107 e.